The van der Waals surface area contributed by atoms with Gasteiger partial charge in [0.15, 0.2) is 0 Å². The van der Waals surface area contributed by atoms with E-state index < -0.39 is 70.5 Å². The normalized spacial score (nSPS) is 31.2. The van der Waals surface area contributed by atoms with Crippen LogP contribution in [0.4, 0.5) is 14.9 Å². The second-order valence-corrected chi connectivity index (χ2v) is 11.5. The molecule has 11 heteroatoms. The summed E-state index contributed by atoms with van der Waals surface area (Å²) in [4.78, 5) is 68.1. The number of phenols is 1. The summed E-state index contributed by atoms with van der Waals surface area (Å²) in [5.41, 5.74) is 5.68. The smallest absolute Gasteiger partial charge is 0.328 e. The molecule has 2 saturated heterocycles. The Morgan fingerprint density at radius 3 is 2.50 bits per heavy atom. The minimum Gasteiger partial charge on any atom is -0.507 e. The highest BCUT2D eigenvalue weighted by molar-refractivity contribution is 6.31. The number of carbonyl (C=O) groups excluding carboxylic acids is 5. The van der Waals surface area contributed by atoms with Gasteiger partial charge in [-0.15, -0.1) is 0 Å². The van der Waals surface area contributed by atoms with Gasteiger partial charge in [-0.1, -0.05) is 41.4 Å². The Labute approximate surface area is 233 Å². The number of hydrogen-bond acceptors (Lipinski definition) is 6. The fraction of sp³-hybridized carbons (Fsp3) is 0.345. The largest absolute Gasteiger partial charge is 0.507 e. The lowest BCUT2D eigenvalue weighted by molar-refractivity contribution is -0.136. The number of fused-ring (bicyclic) bond motifs is 4. The van der Waals surface area contributed by atoms with Crippen LogP contribution in [0.1, 0.15) is 36.8 Å². The molecule has 0 aromatic heterocycles. The molecular formula is C29H25ClFN3O6. The third kappa shape index (κ3) is 3.28. The fourth-order valence-electron chi connectivity index (χ4n) is 7.36. The van der Waals surface area contributed by atoms with Crippen molar-refractivity contribution in [3.8, 4) is 5.75 Å². The molecule has 2 heterocycles. The van der Waals surface area contributed by atoms with Crippen LogP contribution in [0.15, 0.2) is 48.0 Å². The fourth-order valence-corrected chi connectivity index (χ4v) is 7.54. The maximum Gasteiger partial charge on any atom is 0.328 e. The lowest BCUT2D eigenvalue weighted by atomic mass is 9.51. The monoisotopic (exact) mass is 565 g/mol. The number of primary amides is 1. The molecule has 6 rings (SSSR count). The molecule has 2 aliphatic heterocycles. The van der Waals surface area contributed by atoms with E-state index in [0.29, 0.717) is 21.6 Å². The van der Waals surface area contributed by atoms with Crippen molar-refractivity contribution in [1.29, 1.82) is 0 Å². The van der Waals surface area contributed by atoms with E-state index in [1.54, 1.807) is 38.1 Å². The first kappa shape index (κ1) is 26.2. The Hall–Kier alpha value is -4.05. The van der Waals surface area contributed by atoms with Crippen LogP contribution in [0.2, 0.25) is 5.02 Å². The van der Waals surface area contributed by atoms with Crippen molar-refractivity contribution < 1.29 is 33.5 Å². The van der Waals surface area contributed by atoms with E-state index in [0.717, 1.165) is 11.0 Å². The number of anilines is 1. The number of likely N-dealkylation sites (tertiary alicyclic amines) is 1. The summed E-state index contributed by atoms with van der Waals surface area (Å²) < 4.78 is 13.9. The number of para-hydroxylation sites is 1. The number of nitrogens with zero attached hydrogens (tertiary/aromatic N) is 2. The summed E-state index contributed by atoms with van der Waals surface area (Å²) in [5.74, 6) is -7.52. The van der Waals surface area contributed by atoms with Gasteiger partial charge in [-0.3, -0.25) is 19.2 Å². The highest BCUT2D eigenvalue weighted by Crippen LogP contribution is 2.64. The number of aromatic hydroxyl groups is 1. The van der Waals surface area contributed by atoms with Crippen LogP contribution >= 0.6 is 11.6 Å². The molecule has 9 nitrogen and oxygen atoms in total. The summed E-state index contributed by atoms with van der Waals surface area (Å²) in [6, 6.07) is 7.53. The number of nitrogens with two attached hydrogens (primary N) is 1. The molecule has 2 aromatic carbocycles. The second-order valence-electron chi connectivity index (χ2n) is 11.1. The van der Waals surface area contributed by atoms with Crippen molar-refractivity contribution in [3.05, 3.63) is 70.0 Å². The van der Waals surface area contributed by atoms with Crippen LogP contribution < -0.4 is 10.6 Å². The second kappa shape index (κ2) is 8.72. The SMILES string of the molecule is Cc1cccc(C2C3=CCC4C(=O)N(C(N)=O)C(=O)C4C3CC3C(=O)N(c4ccc(F)c(Cl)c4)C(=O)C32C)c1O. The van der Waals surface area contributed by atoms with Gasteiger partial charge in [0.05, 0.1) is 33.9 Å². The first-order valence-corrected chi connectivity index (χ1v) is 13.3. The number of carbonyl (C=O) groups is 5. The zero-order valence-corrected chi connectivity index (χ0v) is 22.3. The number of phenolic OH excluding ortho intramolecular Hbond substituents is 1. The van der Waals surface area contributed by atoms with Gasteiger partial charge < -0.3 is 10.8 Å². The minimum atomic E-state index is -1.40. The topological polar surface area (TPSA) is 138 Å². The molecule has 3 fully saturated rings. The molecule has 2 aromatic rings. The van der Waals surface area contributed by atoms with E-state index in [1.807, 2.05) is 0 Å². The maximum absolute atomic E-state index is 14.3. The Balaban J connectivity index is 1.55. The predicted octanol–water partition coefficient (Wildman–Crippen LogP) is 3.80. The average molecular weight is 566 g/mol. The third-order valence-corrected chi connectivity index (χ3v) is 9.53. The first-order valence-electron chi connectivity index (χ1n) is 12.9. The molecule has 2 aliphatic carbocycles. The standard InChI is InChI=1S/C29H25ClFN3O6/c1-12-4-3-5-16(23(12)35)22-14-7-8-15-21(26(38)34(24(15)36)28(32)40)17(14)11-18-25(37)33(27(39)29(18,22)2)13-6-9-20(31)19(30)10-13/h3-7,9-10,15,17-18,21-22,35H,8,11H2,1-2H3,(H2,32,40). The van der Waals surface area contributed by atoms with E-state index in [1.165, 1.54) is 12.1 Å². The first-order chi connectivity index (χ1) is 18.9. The molecule has 0 radical (unpaired) electrons. The number of imide groups is 4. The Morgan fingerprint density at radius 1 is 1.10 bits per heavy atom. The van der Waals surface area contributed by atoms with Crippen molar-refractivity contribution in [2.45, 2.75) is 32.6 Å². The predicted molar refractivity (Wildman–Crippen MR) is 140 cm³/mol. The molecule has 6 atom stereocenters. The van der Waals surface area contributed by atoms with Gasteiger partial charge in [-0.05, 0) is 56.4 Å². The molecule has 1 saturated carbocycles. The highest BCUT2D eigenvalue weighted by atomic mass is 35.5. The zero-order chi connectivity index (χ0) is 28.8. The van der Waals surface area contributed by atoms with Crippen LogP contribution in [0.3, 0.4) is 0 Å². The zero-order valence-electron chi connectivity index (χ0n) is 21.6. The molecule has 6 unspecified atom stereocenters. The van der Waals surface area contributed by atoms with Crippen molar-refractivity contribution in [2.24, 2.45) is 34.8 Å². The number of allylic oxidation sites excluding steroid dienone is 2. The number of rotatable bonds is 2. The van der Waals surface area contributed by atoms with Crippen LogP contribution in [0, 0.1) is 41.8 Å². The van der Waals surface area contributed by atoms with Crippen molar-refractivity contribution in [2.75, 3.05) is 4.90 Å². The quantitative estimate of drug-likeness (QED) is 0.419. The van der Waals surface area contributed by atoms with E-state index in [4.69, 9.17) is 17.3 Å². The van der Waals surface area contributed by atoms with Crippen molar-refractivity contribution in [3.63, 3.8) is 0 Å². The average Bonchev–Trinajstić information content (AvgIpc) is 3.27. The molecular weight excluding hydrogens is 541 g/mol. The number of halogens is 2. The number of aryl methyl sites for hydroxylation is 1. The summed E-state index contributed by atoms with van der Waals surface area (Å²) >= 11 is 5.99. The molecule has 4 aliphatic rings. The molecule has 6 amide bonds. The Bertz CT molecular complexity index is 1590. The molecule has 3 N–H and O–H groups in total. The maximum atomic E-state index is 14.3. The van der Waals surface area contributed by atoms with Gasteiger partial charge in [0.2, 0.25) is 23.6 Å². The summed E-state index contributed by atoms with van der Waals surface area (Å²) in [6.07, 6.45) is 1.98. The molecule has 206 valence electrons. The van der Waals surface area contributed by atoms with Crippen LogP contribution in [-0.4, -0.2) is 39.7 Å². The van der Waals surface area contributed by atoms with Gasteiger partial charge in [0.25, 0.3) is 0 Å². The van der Waals surface area contributed by atoms with E-state index in [-0.39, 0.29) is 29.3 Å². The highest BCUT2D eigenvalue weighted by Gasteiger charge is 2.68. The molecule has 0 bridgehead atoms. The van der Waals surface area contributed by atoms with E-state index in [2.05, 4.69) is 0 Å². The molecule has 0 spiro atoms. The summed E-state index contributed by atoms with van der Waals surface area (Å²) in [6.45, 7) is 3.37. The van der Waals surface area contributed by atoms with Crippen molar-refractivity contribution in [1.82, 2.24) is 4.90 Å². The minimum absolute atomic E-state index is 0.0488. The Kier molecular flexibility index (Phi) is 5.71. The van der Waals surface area contributed by atoms with E-state index in [9.17, 15) is 33.5 Å². The van der Waals surface area contributed by atoms with Gasteiger partial charge in [-0.2, -0.15) is 4.90 Å². The van der Waals surface area contributed by atoms with E-state index >= 15 is 0 Å². The van der Waals surface area contributed by atoms with Crippen LogP contribution in [-0.2, 0) is 19.2 Å². The van der Waals surface area contributed by atoms with Gasteiger partial charge in [0.1, 0.15) is 11.6 Å². The number of hydrogen-bond donors (Lipinski definition) is 2. The van der Waals surface area contributed by atoms with Crippen molar-refractivity contribution >= 4 is 46.9 Å². The number of amides is 6. The molecule has 40 heavy (non-hydrogen) atoms. The summed E-state index contributed by atoms with van der Waals surface area (Å²) in [7, 11) is 0. The van der Waals surface area contributed by atoms with Crippen LogP contribution in [0.25, 0.3) is 0 Å². The van der Waals surface area contributed by atoms with Gasteiger partial charge in [-0.25, -0.2) is 14.1 Å². The van der Waals surface area contributed by atoms with Gasteiger partial charge >= 0.3 is 6.03 Å². The Morgan fingerprint density at radius 2 is 1.82 bits per heavy atom. The summed E-state index contributed by atoms with van der Waals surface area (Å²) in [5, 5.41) is 10.9. The van der Waals surface area contributed by atoms with Crippen LogP contribution in [0.5, 0.6) is 5.75 Å². The third-order valence-electron chi connectivity index (χ3n) is 9.24. The lowest BCUT2D eigenvalue weighted by Crippen LogP contribution is -2.49. The van der Waals surface area contributed by atoms with Gasteiger partial charge in [0, 0.05) is 11.5 Å². The number of urea groups is 1. The lowest BCUT2D eigenvalue weighted by Gasteiger charge is -2.49. The number of benzene rings is 2.